The highest BCUT2D eigenvalue weighted by molar-refractivity contribution is 4.85. The second-order valence-electron chi connectivity index (χ2n) is 6.32. The van der Waals surface area contributed by atoms with Gasteiger partial charge in [0.05, 0.1) is 0 Å². The second-order valence-corrected chi connectivity index (χ2v) is 6.32. The van der Waals surface area contributed by atoms with Crippen molar-refractivity contribution in [1.29, 1.82) is 0 Å². The molecule has 0 spiro atoms. The SMILES string of the molecule is CCCCCCCCN1C(C)CC(C)CC1CN. The number of rotatable bonds is 8. The van der Waals surface area contributed by atoms with Gasteiger partial charge in [0.15, 0.2) is 0 Å². The third kappa shape index (κ3) is 5.27. The Bertz CT molecular complexity index is 205. The summed E-state index contributed by atoms with van der Waals surface area (Å²) in [6.45, 7) is 9.14. The second kappa shape index (κ2) is 8.92. The summed E-state index contributed by atoms with van der Waals surface area (Å²) in [6, 6.07) is 1.37. The van der Waals surface area contributed by atoms with E-state index in [1.165, 1.54) is 57.9 Å². The maximum Gasteiger partial charge on any atom is 0.0223 e. The number of hydrogen-bond donors (Lipinski definition) is 1. The summed E-state index contributed by atoms with van der Waals surface area (Å²) in [5.74, 6) is 0.856. The molecule has 0 aromatic carbocycles. The molecule has 3 atom stereocenters. The minimum absolute atomic E-state index is 0.638. The van der Waals surface area contributed by atoms with Crippen LogP contribution in [0.1, 0.15) is 72.1 Å². The van der Waals surface area contributed by atoms with Gasteiger partial charge in [-0.2, -0.15) is 0 Å². The van der Waals surface area contributed by atoms with Crippen LogP contribution in [0.15, 0.2) is 0 Å². The van der Waals surface area contributed by atoms with Gasteiger partial charge in [-0.05, 0) is 38.6 Å². The van der Waals surface area contributed by atoms with E-state index < -0.39 is 0 Å². The van der Waals surface area contributed by atoms with E-state index in [-0.39, 0.29) is 0 Å². The fourth-order valence-corrected chi connectivity index (χ4v) is 3.48. The third-order valence-corrected chi connectivity index (χ3v) is 4.50. The Labute approximate surface area is 114 Å². The van der Waals surface area contributed by atoms with Gasteiger partial charge in [0, 0.05) is 18.6 Å². The Morgan fingerprint density at radius 2 is 1.67 bits per heavy atom. The van der Waals surface area contributed by atoms with Gasteiger partial charge in [0.1, 0.15) is 0 Å². The highest BCUT2D eigenvalue weighted by atomic mass is 15.2. The van der Waals surface area contributed by atoms with Gasteiger partial charge in [0.2, 0.25) is 0 Å². The highest BCUT2D eigenvalue weighted by Gasteiger charge is 2.29. The topological polar surface area (TPSA) is 29.3 Å². The van der Waals surface area contributed by atoms with E-state index in [1.807, 2.05) is 0 Å². The van der Waals surface area contributed by atoms with Crippen molar-refractivity contribution in [3.63, 3.8) is 0 Å². The van der Waals surface area contributed by atoms with Gasteiger partial charge in [-0.3, -0.25) is 4.90 Å². The molecule has 1 saturated heterocycles. The van der Waals surface area contributed by atoms with Crippen LogP contribution in [0.25, 0.3) is 0 Å². The molecule has 2 heteroatoms. The van der Waals surface area contributed by atoms with E-state index in [4.69, 9.17) is 5.73 Å². The van der Waals surface area contributed by atoms with E-state index in [2.05, 4.69) is 25.7 Å². The molecule has 0 amide bonds. The minimum atomic E-state index is 0.638. The fourth-order valence-electron chi connectivity index (χ4n) is 3.48. The average Bonchev–Trinajstić information content (AvgIpc) is 2.35. The van der Waals surface area contributed by atoms with E-state index in [9.17, 15) is 0 Å². The summed E-state index contributed by atoms with van der Waals surface area (Å²) in [7, 11) is 0. The van der Waals surface area contributed by atoms with Crippen molar-refractivity contribution in [3.05, 3.63) is 0 Å². The minimum Gasteiger partial charge on any atom is -0.329 e. The van der Waals surface area contributed by atoms with Gasteiger partial charge in [-0.25, -0.2) is 0 Å². The molecule has 1 aliphatic rings. The third-order valence-electron chi connectivity index (χ3n) is 4.50. The van der Waals surface area contributed by atoms with Crippen LogP contribution in [-0.4, -0.2) is 30.1 Å². The zero-order chi connectivity index (χ0) is 13.4. The standard InChI is InChI=1S/C16H34N2/c1-4-5-6-7-8-9-10-18-15(3)11-14(2)12-16(18)13-17/h14-16H,4-13,17H2,1-3H3. The molecule has 1 heterocycles. The zero-order valence-corrected chi connectivity index (χ0v) is 12.8. The zero-order valence-electron chi connectivity index (χ0n) is 12.8. The number of nitrogens with zero attached hydrogens (tertiary/aromatic N) is 1. The number of piperidine rings is 1. The van der Waals surface area contributed by atoms with Crippen LogP contribution in [0.5, 0.6) is 0 Å². The molecule has 1 aliphatic heterocycles. The molecule has 0 aliphatic carbocycles. The normalized spacial score (nSPS) is 29.7. The molecule has 18 heavy (non-hydrogen) atoms. The van der Waals surface area contributed by atoms with Crippen LogP contribution in [0.2, 0.25) is 0 Å². The van der Waals surface area contributed by atoms with Crippen LogP contribution < -0.4 is 5.73 Å². The largest absolute Gasteiger partial charge is 0.329 e. The van der Waals surface area contributed by atoms with Crippen molar-refractivity contribution in [2.24, 2.45) is 11.7 Å². The molecule has 0 radical (unpaired) electrons. The number of unbranched alkanes of at least 4 members (excludes halogenated alkanes) is 5. The van der Waals surface area contributed by atoms with Gasteiger partial charge in [-0.15, -0.1) is 0 Å². The molecule has 0 aromatic heterocycles. The number of nitrogens with two attached hydrogens (primary N) is 1. The highest BCUT2D eigenvalue weighted by Crippen LogP contribution is 2.27. The van der Waals surface area contributed by atoms with E-state index in [0.29, 0.717) is 6.04 Å². The van der Waals surface area contributed by atoms with Crippen molar-refractivity contribution in [1.82, 2.24) is 4.90 Å². The van der Waals surface area contributed by atoms with Gasteiger partial charge >= 0.3 is 0 Å². The summed E-state index contributed by atoms with van der Waals surface area (Å²) >= 11 is 0. The van der Waals surface area contributed by atoms with Crippen LogP contribution in [0.3, 0.4) is 0 Å². The van der Waals surface area contributed by atoms with Crippen molar-refractivity contribution < 1.29 is 0 Å². The number of likely N-dealkylation sites (tertiary alicyclic amines) is 1. The Morgan fingerprint density at radius 3 is 2.33 bits per heavy atom. The monoisotopic (exact) mass is 254 g/mol. The first-order chi connectivity index (χ1) is 8.69. The Balaban J connectivity index is 2.21. The van der Waals surface area contributed by atoms with E-state index in [1.54, 1.807) is 0 Å². The van der Waals surface area contributed by atoms with Gasteiger partial charge in [-0.1, -0.05) is 46.0 Å². The molecule has 108 valence electrons. The average molecular weight is 254 g/mol. The first-order valence-corrected chi connectivity index (χ1v) is 8.14. The van der Waals surface area contributed by atoms with Crippen molar-refractivity contribution in [3.8, 4) is 0 Å². The summed E-state index contributed by atoms with van der Waals surface area (Å²) in [6.07, 6.45) is 11.0. The van der Waals surface area contributed by atoms with Crippen molar-refractivity contribution in [2.45, 2.75) is 84.2 Å². The summed E-state index contributed by atoms with van der Waals surface area (Å²) < 4.78 is 0. The summed E-state index contributed by atoms with van der Waals surface area (Å²) in [4.78, 5) is 2.68. The Kier molecular flexibility index (Phi) is 7.92. The molecule has 0 saturated carbocycles. The van der Waals surface area contributed by atoms with E-state index in [0.717, 1.165) is 18.5 Å². The molecule has 1 rings (SSSR count). The smallest absolute Gasteiger partial charge is 0.0223 e. The predicted molar refractivity (Wildman–Crippen MR) is 80.8 cm³/mol. The molecule has 3 unspecified atom stereocenters. The lowest BCUT2D eigenvalue weighted by Gasteiger charge is -2.43. The summed E-state index contributed by atoms with van der Waals surface area (Å²) in [5, 5.41) is 0. The molecule has 1 fully saturated rings. The first-order valence-electron chi connectivity index (χ1n) is 8.14. The lowest BCUT2D eigenvalue weighted by Crippen LogP contribution is -2.51. The fraction of sp³-hybridized carbons (Fsp3) is 1.00. The summed E-state index contributed by atoms with van der Waals surface area (Å²) in [5.41, 5.74) is 5.95. The maximum absolute atomic E-state index is 5.95. The van der Waals surface area contributed by atoms with Crippen LogP contribution in [0.4, 0.5) is 0 Å². The van der Waals surface area contributed by atoms with Crippen LogP contribution in [-0.2, 0) is 0 Å². The lowest BCUT2D eigenvalue weighted by molar-refractivity contribution is 0.0683. The molecule has 0 bridgehead atoms. The molecular weight excluding hydrogens is 220 g/mol. The molecular formula is C16H34N2. The van der Waals surface area contributed by atoms with Crippen molar-refractivity contribution >= 4 is 0 Å². The first kappa shape index (κ1) is 16.0. The number of hydrogen-bond acceptors (Lipinski definition) is 2. The Morgan fingerprint density at radius 1 is 1.00 bits per heavy atom. The molecule has 2 N–H and O–H groups in total. The van der Waals surface area contributed by atoms with Crippen LogP contribution >= 0.6 is 0 Å². The van der Waals surface area contributed by atoms with Gasteiger partial charge in [0.25, 0.3) is 0 Å². The van der Waals surface area contributed by atoms with Crippen LogP contribution in [0, 0.1) is 5.92 Å². The maximum atomic E-state index is 5.95. The lowest BCUT2D eigenvalue weighted by atomic mass is 9.87. The molecule has 2 nitrogen and oxygen atoms in total. The van der Waals surface area contributed by atoms with Gasteiger partial charge < -0.3 is 5.73 Å². The van der Waals surface area contributed by atoms with E-state index >= 15 is 0 Å². The molecule has 0 aromatic rings. The predicted octanol–water partition coefficient (Wildman–Crippen LogP) is 3.79. The Hall–Kier alpha value is -0.0800. The quantitative estimate of drug-likeness (QED) is 0.668. The van der Waals surface area contributed by atoms with Crippen molar-refractivity contribution in [2.75, 3.05) is 13.1 Å².